The largest absolute Gasteiger partial charge is 0.103 e. The van der Waals surface area contributed by atoms with Gasteiger partial charge in [-0.1, -0.05) is 25.8 Å². The first-order valence-corrected chi connectivity index (χ1v) is 3.30. The summed E-state index contributed by atoms with van der Waals surface area (Å²) in [6.07, 6.45) is 9.25. The van der Waals surface area contributed by atoms with Crippen molar-refractivity contribution < 1.29 is 0 Å². The molecule has 8 heavy (non-hydrogen) atoms. The van der Waals surface area contributed by atoms with Gasteiger partial charge >= 0.3 is 0 Å². The van der Waals surface area contributed by atoms with Crippen LogP contribution in [0.25, 0.3) is 0 Å². The summed E-state index contributed by atoms with van der Waals surface area (Å²) in [6.45, 7) is 5.75. The number of rotatable bonds is 5. The second kappa shape index (κ2) is 6.74. The van der Waals surface area contributed by atoms with Gasteiger partial charge in [0.15, 0.2) is 0 Å². The fraction of sp³-hybridized carbons (Fsp3) is 0.625. The van der Waals surface area contributed by atoms with E-state index in [1.165, 1.54) is 25.7 Å². The molecule has 0 aliphatic heterocycles. The molecular weight excluding hydrogens is 96.1 g/mol. The Bertz CT molecular complexity index is 46.0. The second-order valence-corrected chi connectivity index (χ2v) is 1.98. The van der Waals surface area contributed by atoms with E-state index in [2.05, 4.69) is 19.9 Å². The molecule has 0 aliphatic rings. The van der Waals surface area contributed by atoms with Gasteiger partial charge in [-0.25, -0.2) is 0 Å². The van der Waals surface area contributed by atoms with Gasteiger partial charge in [0.1, 0.15) is 0 Å². The third kappa shape index (κ3) is 5.74. The van der Waals surface area contributed by atoms with Crippen molar-refractivity contribution in [3.05, 3.63) is 19.1 Å². The maximum Gasteiger partial charge on any atom is -0.0353 e. The van der Waals surface area contributed by atoms with Crippen LogP contribution >= 0.6 is 0 Å². The Hall–Kier alpha value is -0.260. The number of hydrogen-bond donors (Lipinski definition) is 0. The molecule has 47 valence electrons. The fourth-order valence-corrected chi connectivity index (χ4v) is 0.637. The lowest BCUT2D eigenvalue weighted by atomic mass is 10.2. The van der Waals surface area contributed by atoms with E-state index in [-0.39, 0.29) is 0 Å². The van der Waals surface area contributed by atoms with Crippen molar-refractivity contribution in [2.45, 2.75) is 32.6 Å². The summed E-state index contributed by atoms with van der Waals surface area (Å²) in [5, 5.41) is 0. The number of allylic oxidation sites excluding steroid dienone is 1. The normalized spacial score (nSPS) is 9.12. The summed E-state index contributed by atoms with van der Waals surface area (Å²) in [4.78, 5) is 0. The zero-order valence-electron chi connectivity index (χ0n) is 5.69. The monoisotopic (exact) mass is 111 g/mol. The van der Waals surface area contributed by atoms with Crippen molar-refractivity contribution >= 4 is 0 Å². The van der Waals surface area contributed by atoms with Gasteiger partial charge in [0.2, 0.25) is 0 Å². The Morgan fingerprint density at radius 1 is 1.25 bits per heavy atom. The van der Waals surface area contributed by atoms with E-state index >= 15 is 0 Å². The summed E-state index contributed by atoms with van der Waals surface area (Å²) in [7, 11) is 0. The predicted octanol–water partition coefficient (Wildman–Crippen LogP) is 2.96. The highest BCUT2D eigenvalue weighted by Crippen LogP contribution is 2.00. The van der Waals surface area contributed by atoms with Gasteiger partial charge in [0.05, 0.1) is 0 Å². The first-order valence-electron chi connectivity index (χ1n) is 3.30. The molecule has 0 aliphatic carbocycles. The first kappa shape index (κ1) is 7.74. The lowest BCUT2D eigenvalue weighted by molar-refractivity contribution is 0.740. The molecule has 0 fully saturated rings. The highest BCUT2D eigenvalue weighted by molar-refractivity contribution is 4.66. The third-order valence-electron chi connectivity index (χ3n) is 1.15. The molecule has 0 nitrogen and oxygen atoms in total. The van der Waals surface area contributed by atoms with Crippen molar-refractivity contribution in [1.29, 1.82) is 0 Å². The van der Waals surface area contributed by atoms with Crippen molar-refractivity contribution in [3.63, 3.8) is 0 Å². The standard InChI is InChI=1S/C8H15/c1-3-5-7-8-6-4-2/h3-4H,1,5-8H2,2H3. The Kier molecular flexibility index (Phi) is 6.52. The predicted molar refractivity (Wildman–Crippen MR) is 38.6 cm³/mol. The highest BCUT2D eigenvalue weighted by Gasteiger charge is 1.81. The molecule has 0 amide bonds. The minimum atomic E-state index is 1.17. The molecule has 0 saturated heterocycles. The van der Waals surface area contributed by atoms with E-state index in [9.17, 15) is 0 Å². The Labute approximate surface area is 52.6 Å². The molecule has 0 atom stereocenters. The second-order valence-electron chi connectivity index (χ2n) is 1.98. The van der Waals surface area contributed by atoms with Crippen molar-refractivity contribution in [2.75, 3.05) is 0 Å². The first-order chi connectivity index (χ1) is 3.91. The summed E-state index contributed by atoms with van der Waals surface area (Å²) >= 11 is 0. The van der Waals surface area contributed by atoms with Gasteiger partial charge in [-0.05, 0) is 19.3 Å². The molecule has 0 aromatic rings. The van der Waals surface area contributed by atoms with Crippen LogP contribution in [0.2, 0.25) is 0 Å². The Morgan fingerprint density at radius 3 is 2.38 bits per heavy atom. The quantitative estimate of drug-likeness (QED) is 0.378. The number of unbranched alkanes of at least 4 members (excludes halogenated alkanes) is 4. The van der Waals surface area contributed by atoms with Gasteiger partial charge < -0.3 is 0 Å². The smallest absolute Gasteiger partial charge is 0.0353 e. The lowest BCUT2D eigenvalue weighted by Crippen LogP contribution is -1.72. The van der Waals surface area contributed by atoms with Gasteiger partial charge in [0.25, 0.3) is 0 Å². The third-order valence-corrected chi connectivity index (χ3v) is 1.15. The Morgan fingerprint density at radius 2 is 1.88 bits per heavy atom. The van der Waals surface area contributed by atoms with Crippen LogP contribution in [0.3, 0.4) is 0 Å². The van der Waals surface area contributed by atoms with Crippen molar-refractivity contribution in [1.82, 2.24) is 0 Å². The molecule has 0 saturated carbocycles. The van der Waals surface area contributed by atoms with Crippen LogP contribution in [0.5, 0.6) is 0 Å². The van der Waals surface area contributed by atoms with Crippen molar-refractivity contribution in [2.24, 2.45) is 0 Å². The summed E-state index contributed by atoms with van der Waals surface area (Å²) in [5.41, 5.74) is 0. The molecule has 0 spiro atoms. The number of hydrogen-bond acceptors (Lipinski definition) is 0. The summed E-state index contributed by atoms with van der Waals surface area (Å²) < 4.78 is 0. The van der Waals surface area contributed by atoms with Crippen LogP contribution in [0.15, 0.2) is 12.7 Å². The summed E-state index contributed by atoms with van der Waals surface area (Å²) in [6, 6.07) is 0. The van der Waals surface area contributed by atoms with E-state index in [0.29, 0.717) is 0 Å². The molecule has 0 heteroatoms. The molecule has 0 aromatic heterocycles. The minimum absolute atomic E-state index is 1.17. The van der Waals surface area contributed by atoms with Crippen LogP contribution in [0, 0.1) is 6.42 Å². The van der Waals surface area contributed by atoms with E-state index in [1.54, 1.807) is 0 Å². The van der Waals surface area contributed by atoms with E-state index < -0.39 is 0 Å². The molecule has 0 rings (SSSR count). The molecule has 0 bridgehead atoms. The SMILES string of the molecule is C=CCCCC[CH]C. The summed E-state index contributed by atoms with van der Waals surface area (Å²) in [5.74, 6) is 0. The molecule has 0 aromatic carbocycles. The topological polar surface area (TPSA) is 0 Å². The lowest BCUT2D eigenvalue weighted by Gasteiger charge is -1.91. The minimum Gasteiger partial charge on any atom is -0.103 e. The maximum atomic E-state index is 3.65. The van der Waals surface area contributed by atoms with E-state index in [1.807, 2.05) is 6.08 Å². The van der Waals surface area contributed by atoms with Crippen LogP contribution in [0.4, 0.5) is 0 Å². The molecule has 0 N–H and O–H groups in total. The zero-order chi connectivity index (χ0) is 6.24. The fourth-order valence-electron chi connectivity index (χ4n) is 0.637. The molecule has 0 unspecified atom stereocenters. The van der Waals surface area contributed by atoms with Gasteiger partial charge in [-0.2, -0.15) is 0 Å². The van der Waals surface area contributed by atoms with Gasteiger partial charge in [0, 0.05) is 0 Å². The maximum absolute atomic E-state index is 3.65. The Balaban J connectivity index is 2.62. The van der Waals surface area contributed by atoms with Crippen LogP contribution in [-0.2, 0) is 0 Å². The zero-order valence-corrected chi connectivity index (χ0v) is 5.69. The molecule has 1 radical (unpaired) electrons. The van der Waals surface area contributed by atoms with Crippen LogP contribution < -0.4 is 0 Å². The van der Waals surface area contributed by atoms with E-state index in [4.69, 9.17) is 0 Å². The van der Waals surface area contributed by atoms with Crippen molar-refractivity contribution in [3.8, 4) is 0 Å². The van der Waals surface area contributed by atoms with Crippen LogP contribution in [0.1, 0.15) is 32.6 Å². The van der Waals surface area contributed by atoms with Crippen LogP contribution in [-0.4, -0.2) is 0 Å². The van der Waals surface area contributed by atoms with Gasteiger partial charge in [-0.3, -0.25) is 0 Å². The van der Waals surface area contributed by atoms with E-state index in [0.717, 1.165) is 0 Å². The van der Waals surface area contributed by atoms with Gasteiger partial charge in [-0.15, -0.1) is 6.58 Å². The molecular formula is C8H15. The average Bonchev–Trinajstić information content (AvgIpc) is 1.81. The highest BCUT2D eigenvalue weighted by atomic mass is 13.9. The average molecular weight is 111 g/mol. The molecule has 0 heterocycles.